The average molecular weight is 391 g/mol. The summed E-state index contributed by atoms with van der Waals surface area (Å²) in [7, 11) is 4.56. The Kier molecular flexibility index (Phi) is 7.72. The number of carbonyl (C=O) groups excluding carboxylic acids is 2. The van der Waals surface area contributed by atoms with Gasteiger partial charge in [0.15, 0.2) is 18.1 Å². The zero-order chi connectivity index (χ0) is 20.7. The highest BCUT2D eigenvalue weighted by atomic mass is 16.5. The fraction of sp³-hybridized carbons (Fsp3) is 0.524. The van der Waals surface area contributed by atoms with Gasteiger partial charge >= 0.3 is 5.97 Å². The number of hydrogen-bond acceptors (Lipinski definition) is 6. The average Bonchev–Trinajstić information content (AvgIpc) is 2.69. The van der Waals surface area contributed by atoms with Crippen molar-refractivity contribution in [2.24, 2.45) is 0 Å². The van der Waals surface area contributed by atoms with Crippen molar-refractivity contribution in [3.63, 3.8) is 0 Å². The van der Waals surface area contributed by atoms with Crippen LogP contribution < -0.4 is 14.2 Å². The molecule has 1 heterocycles. The molecule has 7 nitrogen and oxygen atoms in total. The second kappa shape index (κ2) is 10.0. The first-order chi connectivity index (χ1) is 13.4. The summed E-state index contributed by atoms with van der Waals surface area (Å²) in [5.74, 6) is 0.699. The van der Waals surface area contributed by atoms with Crippen LogP contribution in [0.5, 0.6) is 17.2 Å². The summed E-state index contributed by atoms with van der Waals surface area (Å²) in [6.45, 7) is 3.80. The summed E-state index contributed by atoms with van der Waals surface area (Å²) in [4.78, 5) is 26.3. The highest BCUT2D eigenvalue weighted by Gasteiger charge is 2.29. The monoisotopic (exact) mass is 391 g/mol. The largest absolute Gasteiger partial charge is 0.493 e. The van der Waals surface area contributed by atoms with Crippen molar-refractivity contribution >= 4 is 18.0 Å². The zero-order valence-electron chi connectivity index (χ0n) is 17.2. The van der Waals surface area contributed by atoms with Gasteiger partial charge in [-0.2, -0.15) is 0 Å². The minimum absolute atomic E-state index is 0.158. The molecule has 0 N–H and O–H groups in total. The van der Waals surface area contributed by atoms with E-state index in [2.05, 4.69) is 0 Å². The molecule has 2 rings (SSSR count). The normalized spacial score (nSPS) is 19.4. The SMILES string of the molecule is COc1cc(/C=C/C(=O)OCC(=O)N2[C@H](C)CCC[C@@H]2C)cc(OC)c1OC. The Morgan fingerprint density at radius 3 is 2.11 bits per heavy atom. The fourth-order valence-corrected chi connectivity index (χ4v) is 3.53. The van der Waals surface area contributed by atoms with Gasteiger partial charge in [0.25, 0.3) is 5.91 Å². The van der Waals surface area contributed by atoms with Crippen LogP contribution in [0.1, 0.15) is 38.7 Å². The van der Waals surface area contributed by atoms with Crippen molar-refractivity contribution in [1.29, 1.82) is 0 Å². The van der Waals surface area contributed by atoms with E-state index in [1.807, 2.05) is 18.7 Å². The Bertz CT molecular complexity index is 695. The van der Waals surface area contributed by atoms with Crippen LogP contribution in [0.25, 0.3) is 6.08 Å². The number of piperidine rings is 1. The predicted octanol–water partition coefficient (Wildman–Crippen LogP) is 3.06. The maximum absolute atomic E-state index is 12.4. The molecular weight excluding hydrogens is 362 g/mol. The molecule has 1 aliphatic rings. The van der Waals surface area contributed by atoms with Gasteiger partial charge in [-0.1, -0.05) is 0 Å². The molecule has 1 aliphatic heterocycles. The third-order valence-corrected chi connectivity index (χ3v) is 4.92. The highest BCUT2D eigenvalue weighted by molar-refractivity contribution is 5.89. The smallest absolute Gasteiger partial charge is 0.331 e. The van der Waals surface area contributed by atoms with Crippen LogP contribution >= 0.6 is 0 Å². The third-order valence-electron chi connectivity index (χ3n) is 4.92. The van der Waals surface area contributed by atoms with E-state index in [4.69, 9.17) is 18.9 Å². The van der Waals surface area contributed by atoms with E-state index in [0.717, 1.165) is 19.3 Å². The second-order valence-electron chi connectivity index (χ2n) is 6.83. The van der Waals surface area contributed by atoms with Gasteiger partial charge in [0.2, 0.25) is 5.75 Å². The highest BCUT2D eigenvalue weighted by Crippen LogP contribution is 2.38. The lowest BCUT2D eigenvalue weighted by Crippen LogP contribution is -2.49. The van der Waals surface area contributed by atoms with Gasteiger partial charge in [0.05, 0.1) is 21.3 Å². The molecule has 1 fully saturated rings. The Balaban J connectivity index is 1.99. The minimum atomic E-state index is -0.584. The van der Waals surface area contributed by atoms with Crippen LogP contribution in [0.2, 0.25) is 0 Å². The lowest BCUT2D eigenvalue weighted by atomic mass is 9.97. The number of hydrogen-bond donors (Lipinski definition) is 0. The van der Waals surface area contributed by atoms with Crippen molar-refractivity contribution in [3.05, 3.63) is 23.8 Å². The number of rotatable bonds is 7. The molecule has 28 heavy (non-hydrogen) atoms. The zero-order valence-corrected chi connectivity index (χ0v) is 17.2. The topological polar surface area (TPSA) is 74.3 Å². The van der Waals surface area contributed by atoms with Crippen molar-refractivity contribution in [1.82, 2.24) is 4.90 Å². The molecule has 0 spiro atoms. The third kappa shape index (κ3) is 5.18. The van der Waals surface area contributed by atoms with E-state index in [9.17, 15) is 9.59 Å². The van der Waals surface area contributed by atoms with E-state index in [1.54, 1.807) is 18.2 Å². The number of carbonyl (C=O) groups is 2. The number of likely N-dealkylation sites (tertiary alicyclic amines) is 1. The van der Waals surface area contributed by atoms with Gasteiger partial charge in [-0.05, 0) is 56.9 Å². The molecule has 154 valence electrons. The Morgan fingerprint density at radius 1 is 1.04 bits per heavy atom. The van der Waals surface area contributed by atoms with Crippen LogP contribution in [0, 0.1) is 0 Å². The maximum atomic E-state index is 12.4. The quantitative estimate of drug-likeness (QED) is 0.525. The van der Waals surface area contributed by atoms with Gasteiger partial charge in [-0.15, -0.1) is 0 Å². The lowest BCUT2D eigenvalue weighted by molar-refractivity contribution is -0.151. The molecule has 1 amide bonds. The second-order valence-corrected chi connectivity index (χ2v) is 6.83. The minimum Gasteiger partial charge on any atom is -0.493 e. The van der Waals surface area contributed by atoms with Gasteiger partial charge in [0.1, 0.15) is 0 Å². The van der Waals surface area contributed by atoms with E-state index in [0.29, 0.717) is 22.8 Å². The number of benzene rings is 1. The summed E-state index contributed by atoms with van der Waals surface area (Å²) in [5.41, 5.74) is 0.677. The molecule has 2 atom stereocenters. The first-order valence-electron chi connectivity index (χ1n) is 9.37. The van der Waals surface area contributed by atoms with Crippen molar-refractivity contribution < 1.29 is 28.5 Å². The van der Waals surface area contributed by atoms with Crippen LogP contribution in [0.15, 0.2) is 18.2 Å². The number of amides is 1. The molecule has 0 bridgehead atoms. The van der Waals surface area contributed by atoms with Crippen LogP contribution in [-0.2, 0) is 14.3 Å². The van der Waals surface area contributed by atoms with Gasteiger partial charge < -0.3 is 23.8 Å². The summed E-state index contributed by atoms with van der Waals surface area (Å²) >= 11 is 0. The van der Waals surface area contributed by atoms with Crippen LogP contribution in [0.3, 0.4) is 0 Å². The molecule has 0 saturated carbocycles. The van der Waals surface area contributed by atoms with Crippen LogP contribution in [-0.4, -0.2) is 56.8 Å². The van der Waals surface area contributed by atoms with Gasteiger partial charge in [-0.25, -0.2) is 4.79 Å². The summed E-state index contributed by atoms with van der Waals surface area (Å²) in [6.07, 6.45) is 5.92. The van der Waals surface area contributed by atoms with Crippen molar-refractivity contribution in [3.8, 4) is 17.2 Å². The first kappa shape index (κ1) is 21.6. The van der Waals surface area contributed by atoms with Crippen molar-refractivity contribution in [2.45, 2.75) is 45.2 Å². The Hall–Kier alpha value is -2.70. The van der Waals surface area contributed by atoms with E-state index in [-0.39, 0.29) is 24.6 Å². The number of esters is 1. The summed E-state index contributed by atoms with van der Waals surface area (Å²) < 4.78 is 21.0. The number of methoxy groups -OCH3 is 3. The van der Waals surface area contributed by atoms with Crippen molar-refractivity contribution in [2.75, 3.05) is 27.9 Å². The Labute approximate surface area is 166 Å². The molecule has 7 heteroatoms. The number of ether oxygens (including phenoxy) is 4. The van der Waals surface area contributed by atoms with E-state index >= 15 is 0 Å². The molecular formula is C21H29NO6. The van der Waals surface area contributed by atoms with Crippen LogP contribution in [0.4, 0.5) is 0 Å². The fourth-order valence-electron chi connectivity index (χ4n) is 3.53. The summed E-state index contributed by atoms with van der Waals surface area (Å²) in [5, 5.41) is 0. The summed E-state index contributed by atoms with van der Waals surface area (Å²) in [6, 6.07) is 3.77. The van der Waals surface area contributed by atoms with Gasteiger partial charge in [0, 0.05) is 18.2 Å². The van der Waals surface area contributed by atoms with E-state index < -0.39 is 5.97 Å². The Morgan fingerprint density at radius 2 is 1.61 bits per heavy atom. The molecule has 0 unspecified atom stereocenters. The lowest BCUT2D eigenvalue weighted by Gasteiger charge is -2.38. The molecule has 1 aromatic carbocycles. The number of nitrogens with zero attached hydrogens (tertiary/aromatic N) is 1. The molecule has 0 aliphatic carbocycles. The maximum Gasteiger partial charge on any atom is 0.331 e. The standard InChI is InChI=1S/C21H29NO6/c1-14-7-6-8-15(2)22(14)19(23)13-28-20(24)10-9-16-11-17(25-3)21(27-5)18(12-16)26-4/h9-12,14-15H,6-8,13H2,1-5H3/b10-9+/t14-,15+. The molecule has 0 aromatic heterocycles. The first-order valence-corrected chi connectivity index (χ1v) is 9.37. The molecule has 1 saturated heterocycles. The molecule has 0 radical (unpaired) electrons. The molecule has 1 aromatic rings. The van der Waals surface area contributed by atoms with E-state index in [1.165, 1.54) is 27.4 Å². The predicted molar refractivity (Wildman–Crippen MR) is 106 cm³/mol. The van der Waals surface area contributed by atoms with Gasteiger partial charge in [-0.3, -0.25) is 4.79 Å².